The fourth-order valence-corrected chi connectivity index (χ4v) is 5.20. The minimum Gasteiger partial charge on any atom is -0.507 e. The highest BCUT2D eigenvalue weighted by Gasteiger charge is 2.47. The quantitative estimate of drug-likeness (QED) is 0.309. The molecule has 1 N–H and O–H groups in total. The molecule has 1 aliphatic heterocycles. The fourth-order valence-electron chi connectivity index (χ4n) is 4.16. The van der Waals surface area contributed by atoms with E-state index in [1.54, 1.807) is 23.4 Å². The molecular formula is C27H28N2O3S. The van der Waals surface area contributed by atoms with Crippen LogP contribution < -0.4 is 0 Å². The number of nitrogens with zero attached hydrogens (tertiary/aromatic N) is 2. The van der Waals surface area contributed by atoms with Crippen LogP contribution in [0.3, 0.4) is 0 Å². The summed E-state index contributed by atoms with van der Waals surface area (Å²) in [6.45, 7) is 10.4. The number of hydrogen-bond donors (Lipinski definition) is 1. The SMILES string of the molecule is Cc1ccc(C(C)(C)C)cc1/C(O)=C1\C(=O)C(=O)N(Cc2cccnc2)C1c1sccc1C. The zero-order valence-electron chi connectivity index (χ0n) is 19.5. The Hall–Kier alpha value is -3.25. The second-order valence-electron chi connectivity index (χ2n) is 9.54. The minimum absolute atomic E-state index is 0.122. The van der Waals surface area contributed by atoms with Crippen molar-refractivity contribution in [3.63, 3.8) is 0 Å². The molecule has 170 valence electrons. The Morgan fingerprint density at radius 1 is 1.12 bits per heavy atom. The van der Waals surface area contributed by atoms with Gasteiger partial charge in [0.15, 0.2) is 0 Å². The molecule has 5 nitrogen and oxygen atoms in total. The normalized spacial score (nSPS) is 18.2. The number of aliphatic hydroxyl groups is 1. The maximum absolute atomic E-state index is 13.3. The number of likely N-dealkylation sites (tertiary alicyclic amines) is 1. The summed E-state index contributed by atoms with van der Waals surface area (Å²) < 4.78 is 0. The number of carbonyl (C=O) groups is 2. The number of pyridine rings is 1. The van der Waals surface area contributed by atoms with E-state index in [1.807, 2.05) is 49.6 Å². The molecule has 1 unspecified atom stereocenters. The van der Waals surface area contributed by atoms with E-state index in [9.17, 15) is 14.7 Å². The number of rotatable bonds is 4. The number of aliphatic hydroxyl groups excluding tert-OH is 1. The molecule has 3 aromatic rings. The van der Waals surface area contributed by atoms with E-state index in [1.165, 1.54) is 11.3 Å². The molecule has 1 aromatic carbocycles. The fraction of sp³-hybridized carbons (Fsp3) is 0.296. The van der Waals surface area contributed by atoms with Crippen LogP contribution in [0.2, 0.25) is 0 Å². The summed E-state index contributed by atoms with van der Waals surface area (Å²) in [6, 6.07) is 10.9. The molecule has 0 saturated carbocycles. The second-order valence-corrected chi connectivity index (χ2v) is 10.5. The average Bonchev–Trinajstić information content (AvgIpc) is 3.29. The average molecular weight is 461 g/mol. The summed E-state index contributed by atoms with van der Waals surface area (Å²) in [5, 5.41) is 13.4. The lowest BCUT2D eigenvalue weighted by molar-refractivity contribution is -0.140. The predicted molar refractivity (Wildman–Crippen MR) is 131 cm³/mol. The Morgan fingerprint density at radius 2 is 1.88 bits per heavy atom. The van der Waals surface area contributed by atoms with Crippen LogP contribution in [0.5, 0.6) is 0 Å². The molecule has 4 rings (SSSR count). The summed E-state index contributed by atoms with van der Waals surface area (Å²) in [5.41, 5.74) is 4.30. The maximum atomic E-state index is 13.3. The van der Waals surface area contributed by atoms with E-state index in [0.717, 1.165) is 27.1 Å². The molecule has 1 amide bonds. The highest BCUT2D eigenvalue weighted by atomic mass is 32.1. The van der Waals surface area contributed by atoms with Crippen LogP contribution in [-0.2, 0) is 21.5 Å². The predicted octanol–water partition coefficient (Wildman–Crippen LogP) is 5.68. The zero-order valence-corrected chi connectivity index (χ0v) is 20.4. The molecular weight excluding hydrogens is 432 g/mol. The summed E-state index contributed by atoms with van der Waals surface area (Å²) in [5.74, 6) is -1.39. The summed E-state index contributed by atoms with van der Waals surface area (Å²) in [6.07, 6.45) is 3.36. The number of amides is 1. The van der Waals surface area contributed by atoms with Gasteiger partial charge in [0.25, 0.3) is 11.7 Å². The molecule has 2 aromatic heterocycles. The van der Waals surface area contributed by atoms with Gasteiger partial charge in [-0.3, -0.25) is 14.6 Å². The van der Waals surface area contributed by atoms with E-state index < -0.39 is 17.7 Å². The molecule has 3 heterocycles. The second kappa shape index (κ2) is 8.60. The standard InChI is InChI=1S/C27H28N2O3S/c1-16-8-9-19(27(3,4)5)13-20(16)23(30)21-22(25-17(2)10-12-33-25)29(26(32)24(21)31)15-18-7-6-11-28-14-18/h6-14,22,30H,15H2,1-5H3/b23-21+. The van der Waals surface area contributed by atoms with Crippen molar-refractivity contribution in [1.29, 1.82) is 0 Å². The van der Waals surface area contributed by atoms with Crippen LogP contribution in [0.25, 0.3) is 5.76 Å². The Labute approximate surface area is 198 Å². The van der Waals surface area contributed by atoms with Gasteiger partial charge < -0.3 is 10.0 Å². The first-order valence-electron chi connectivity index (χ1n) is 10.9. The molecule has 1 fully saturated rings. The van der Waals surface area contributed by atoms with E-state index >= 15 is 0 Å². The molecule has 0 radical (unpaired) electrons. The Kier molecular flexibility index (Phi) is 5.97. The largest absolute Gasteiger partial charge is 0.507 e. The topological polar surface area (TPSA) is 70.5 Å². The van der Waals surface area contributed by atoms with Crippen molar-refractivity contribution in [3.05, 3.63) is 92.4 Å². The lowest BCUT2D eigenvalue weighted by Crippen LogP contribution is -2.29. The summed E-state index contributed by atoms with van der Waals surface area (Å²) >= 11 is 1.49. The Morgan fingerprint density at radius 3 is 2.48 bits per heavy atom. The van der Waals surface area contributed by atoms with Gasteiger partial charge in [-0.1, -0.05) is 39.0 Å². The van der Waals surface area contributed by atoms with Crippen molar-refractivity contribution < 1.29 is 14.7 Å². The van der Waals surface area contributed by atoms with Gasteiger partial charge in [0.1, 0.15) is 11.8 Å². The van der Waals surface area contributed by atoms with Crippen molar-refractivity contribution in [3.8, 4) is 0 Å². The van der Waals surface area contributed by atoms with Crippen LogP contribution in [-0.4, -0.2) is 26.7 Å². The monoisotopic (exact) mass is 460 g/mol. The third-order valence-electron chi connectivity index (χ3n) is 6.12. The van der Waals surface area contributed by atoms with Crippen molar-refractivity contribution in [1.82, 2.24) is 9.88 Å². The smallest absolute Gasteiger partial charge is 0.295 e. The van der Waals surface area contributed by atoms with Gasteiger partial charge in [0, 0.05) is 29.4 Å². The first kappa shape index (κ1) is 22.9. The lowest BCUT2D eigenvalue weighted by Gasteiger charge is -2.25. The van der Waals surface area contributed by atoms with E-state index in [0.29, 0.717) is 5.56 Å². The minimum atomic E-state index is -0.658. The number of thiophene rings is 1. The van der Waals surface area contributed by atoms with Gasteiger partial charge in [-0.15, -0.1) is 11.3 Å². The van der Waals surface area contributed by atoms with Crippen molar-refractivity contribution >= 4 is 28.8 Å². The number of aryl methyl sites for hydroxylation is 2. The maximum Gasteiger partial charge on any atom is 0.295 e. The summed E-state index contributed by atoms with van der Waals surface area (Å²) in [4.78, 5) is 33.1. The first-order valence-corrected chi connectivity index (χ1v) is 11.8. The van der Waals surface area contributed by atoms with Crippen molar-refractivity contribution in [2.45, 2.75) is 52.6 Å². The van der Waals surface area contributed by atoms with Crippen LogP contribution in [0.4, 0.5) is 0 Å². The molecule has 0 spiro atoms. The third-order valence-corrected chi connectivity index (χ3v) is 7.20. The number of aromatic nitrogens is 1. The lowest BCUT2D eigenvalue weighted by atomic mass is 9.84. The van der Waals surface area contributed by atoms with Crippen LogP contribution in [0, 0.1) is 13.8 Å². The van der Waals surface area contributed by atoms with Crippen LogP contribution in [0.1, 0.15) is 59.5 Å². The molecule has 1 saturated heterocycles. The highest BCUT2D eigenvalue weighted by Crippen LogP contribution is 2.43. The molecule has 0 aliphatic carbocycles. The van der Waals surface area contributed by atoms with Crippen molar-refractivity contribution in [2.24, 2.45) is 0 Å². The molecule has 0 bridgehead atoms. The van der Waals surface area contributed by atoms with Crippen LogP contribution in [0.15, 0.2) is 59.7 Å². The number of benzene rings is 1. The van der Waals surface area contributed by atoms with Gasteiger partial charge in [0.05, 0.1) is 5.57 Å². The number of carbonyl (C=O) groups excluding carboxylic acids is 2. The van der Waals surface area contributed by atoms with E-state index in [4.69, 9.17) is 0 Å². The molecule has 6 heteroatoms. The highest BCUT2D eigenvalue weighted by molar-refractivity contribution is 7.10. The molecule has 1 atom stereocenters. The number of Topliss-reactive ketones (excluding diaryl/α,β-unsaturated/α-hetero) is 1. The number of ketones is 1. The summed E-state index contributed by atoms with van der Waals surface area (Å²) in [7, 11) is 0. The van der Waals surface area contributed by atoms with Gasteiger partial charge >= 0.3 is 0 Å². The Balaban J connectivity index is 1.91. The van der Waals surface area contributed by atoms with Gasteiger partial charge in [0.2, 0.25) is 0 Å². The molecule has 1 aliphatic rings. The molecule has 33 heavy (non-hydrogen) atoms. The first-order chi connectivity index (χ1) is 15.6. The van der Waals surface area contributed by atoms with E-state index in [-0.39, 0.29) is 23.3 Å². The van der Waals surface area contributed by atoms with Gasteiger partial charge in [-0.25, -0.2) is 0 Å². The van der Waals surface area contributed by atoms with Gasteiger partial charge in [-0.2, -0.15) is 0 Å². The van der Waals surface area contributed by atoms with Crippen molar-refractivity contribution in [2.75, 3.05) is 0 Å². The Bertz CT molecular complexity index is 1250. The number of hydrogen-bond acceptors (Lipinski definition) is 5. The van der Waals surface area contributed by atoms with E-state index in [2.05, 4.69) is 25.8 Å². The third kappa shape index (κ3) is 4.23. The zero-order chi connectivity index (χ0) is 23.9. The van der Waals surface area contributed by atoms with Crippen LogP contribution >= 0.6 is 11.3 Å². The van der Waals surface area contributed by atoms with Gasteiger partial charge in [-0.05, 0) is 65.1 Å².